The average molecular weight is 834 g/mol. The van der Waals surface area contributed by atoms with Gasteiger partial charge in [0.1, 0.15) is 0 Å². The van der Waals surface area contributed by atoms with E-state index in [9.17, 15) is 0 Å². The summed E-state index contributed by atoms with van der Waals surface area (Å²) in [6.07, 6.45) is 0. The lowest BCUT2D eigenvalue weighted by atomic mass is 9.67. The first kappa shape index (κ1) is 37.1. The Balaban J connectivity index is 1.07. The van der Waals surface area contributed by atoms with E-state index in [1.54, 1.807) is 0 Å². The first-order valence-electron chi connectivity index (χ1n) is 22.3. The van der Waals surface area contributed by atoms with Crippen LogP contribution in [0.3, 0.4) is 0 Å². The standard InChI is InChI=1S/C62H43NS/c1-61(2)53-26-14-12-25-52(53)59-56(37-42-17-9-10-22-47(42)60(59)61)63(45-32-29-40(30-33-45)41-31-35-51-50-24-13-16-28-57(50)64-58(51)38-41)46-34-36-49-48-23-11-15-27-54(48)62(55(49)39-46,43-18-5-3-6-19-43)44-20-7-4-8-21-44/h3-39H,1-2H3. The summed E-state index contributed by atoms with van der Waals surface area (Å²) < 4.78 is 2.64. The predicted octanol–water partition coefficient (Wildman–Crippen LogP) is 17.0. The molecule has 2 aliphatic rings. The zero-order valence-electron chi connectivity index (χ0n) is 35.7. The largest absolute Gasteiger partial charge is 0.310 e. The van der Waals surface area contributed by atoms with Crippen molar-refractivity contribution in [1.82, 2.24) is 0 Å². The van der Waals surface area contributed by atoms with E-state index in [-0.39, 0.29) is 5.41 Å². The van der Waals surface area contributed by atoms with Crippen LogP contribution in [0, 0.1) is 0 Å². The molecule has 0 spiro atoms. The van der Waals surface area contributed by atoms with Crippen LogP contribution in [0.1, 0.15) is 47.2 Å². The minimum atomic E-state index is -0.523. The minimum absolute atomic E-state index is 0.197. The molecule has 10 aromatic carbocycles. The molecule has 0 unspecified atom stereocenters. The maximum absolute atomic E-state index is 2.55. The van der Waals surface area contributed by atoms with Gasteiger partial charge < -0.3 is 4.90 Å². The van der Waals surface area contributed by atoms with Gasteiger partial charge in [-0.1, -0.05) is 196 Å². The number of nitrogens with zero attached hydrogens (tertiary/aromatic N) is 1. The molecular formula is C62H43NS. The smallest absolute Gasteiger partial charge is 0.0714 e. The van der Waals surface area contributed by atoms with Crippen molar-refractivity contribution in [1.29, 1.82) is 0 Å². The van der Waals surface area contributed by atoms with Gasteiger partial charge in [0.2, 0.25) is 0 Å². The Kier molecular flexibility index (Phi) is 8.11. The van der Waals surface area contributed by atoms with Crippen LogP contribution in [0.5, 0.6) is 0 Å². The monoisotopic (exact) mass is 833 g/mol. The van der Waals surface area contributed by atoms with Crippen LogP contribution in [0.15, 0.2) is 224 Å². The van der Waals surface area contributed by atoms with E-state index < -0.39 is 5.41 Å². The summed E-state index contributed by atoms with van der Waals surface area (Å²) in [5.74, 6) is 0. The Hall–Kier alpha value is -7.52. The fourth-order valence-corrected chi connectivity index (χ4v) is 12.7. The third kappa shape index (κ3) is 5.24. The molecule has 2 aliphatic carbocycles. The van der Waals surface area contributed by atoms with Crippen LogP contribution in [-0.2, 0) is 10.8 Å². The van der Waals surface area contributed by atoms with E-state index >= 15 is 0 Å². The summed E-state index contributed by atoms with van der Waals surface area (Å²) in [7, 11) is 0. The van der Waals surface area contributed by atoms with Gasteiger partial charge in [-0.15, -0.1) is 11.3 Å². The van der Waals surface area contributed by atoms with E-state index in [0.717, 1.165) is 11.4 Å². The van der Waals surface area contributed by atoms with E-state index in [1.165, 1.54) is 103 Å². The highest BCUT2D eigenvalue weighted by molar-refractivity contribution is 7.25. The molecule has 0 N–H and O–H groups in total. The third-order valence-electron chi connectivity index (χ3n) is 14.3. The zero-order valence-corrected chi connectivity index (χ0v) is 36.5. The van der Waals surface area contributed by atoms with Crippen molar-refractivity contribution in [2.24, 2.45) is 0 Å². The van der Waals surface area contributed by atoms with Crippen LogP contribution in [-0.4, -0.2) is 0 Å². The summed E-state index contributed by atoms with van der Waals surface area (Å²) >= 11 is 1.87. The van der Waals surface area contributed by atoms with Gasteiger partial charge in [-0.2, -0.15) is 0 Å². The number of fused-ring (bicyclic) bond motifs is 11. The van der Waals surface area contributed by atoms with Crippen molar-refractivity contribution in [2.45, 2.75) is 24.7 Å². The van der Waals surface area contributed by atoms with E-state index in [0.29, 0.717) is 0 Å². The number of anilines is 3. The SMILES string of the molecule is CC1(C)c2ccccc2-c2c(N(c3ccc(-c4ccc5c(c4)sc4ccccc45)cc3)c3ccc4c(c3)C(c3ccccc3)(c3ccccc3)c3ccccc3-4)cc3ccccc3c21. The highest BCUT2D eigenvalue weighted by Gasteiger charge is 2.47. The topological polar surface area (TPSA) is 3.24 Å². The van der Waals surface area contributed by atoms with Gasteiger partial charge in [0.15, 0.2) is 0 Å². The summed E-state index contributed by atoms with van der Waals surface area (Å²) in [5, 5.41) is 5.20. The van der Waals surface area contributed by atoms with Crippen LogP contribution in [0.25, 0.3) is 64.3 Å². The van der Waals surface area contributed by atoms with E-state index in [1.807, 2.05) is 11.3 Å². The van der Waals surface area contributed by atoms with Gasteiger partial charge >= 0.3 is 0 Å². The highest BCUT2D eigenvalue weighted by Crippen LogP contribution is 2.60. The third-order valence-corrected chi connectivity index (χ3v) is 15.4. The lowest BCUT2D eigenvalue weighted by molar-refractivity contribution is 0.666. The second kappa shape index (κ2) is 14.0. The molecule has 64 heavy (non-hydrogen) atoms. The molecule has 0 radical (unpaired) electrons. The summed E-state index contributed by atoms with van der Waals surface area (Å²) in [4.78, 5) is 2.55. The first-order chi connectivity index (χ1) is 31.5. The van der Waals surface area contributed by atoms with Crippen LogP contribution in [0.4, 0.5) is 17.1 Å². The molecule has 11 aromatic rings. The highest BCUT2D eigenvalue weighted by atomic mass is 32.1. The first-order valence-corrected chi connectivity index (χ1v) is 23.2. The van der Waals surface area contributed by atoms with Gasteiger partial charge in [0, 0.05) is 42.5 Å². The number of benzene rings is 10. The summed E-state index contributed by atoms with van der Waals surface area (Å²) in [6.45, 7) is 4.81. The molecule has 1 heterocycles. The van der Waals surface area contributed by atoms with Crippen molar-refractivity contribution in [2.75, 3.05) is 4.90 Å². The average Bonchev–Trinajstić information content (AvgIpc) is 3.96. The second-order valence-corrected chi connectivity index (χ2v) is 19.1. The van der Waals surface area contributed by atoms with Gasteiger partial charge in [-0.25, -0.2) is 0 Å². The molecule has 0 saturated carbocycles. The Bertz CT molecular complexity index is 3590. The summed E-state index contributed by atoms with van der Waals surface area (Å²) in [5.41, 5.74) is 18.2. The molecule has 13 rings (SSSR count). The molecular weight excluding hydrogens is 791 g/mol. The Labute approximate surface area is 378 Å². The van der Waals surface area contributed by atoms with Crippen molar-refractivity contribution < 1.29 is 0 Å². The van der Waals surface area contributed by atoms with Crippen LogP contribution < -0.4 is 4.90 Å². The van der Waals surface area contributed by atoms with Gasteiger partial charge in [-0.05, 0) is 114 Å². The van der Waals surface area contributed by atoms with Crippen LogP contribution >= 0.6 is 11.3 Å². The van der Waals surface area contributed by atoms with Crippen LogP contribution in [0.2, 0.25) is 0 Å². The summed E-state index contributed by atoms with van der Waals surface area (Å²) in [6, 6.07) is 84.1. The number of rotatable bonds is 6. The molecule has 302 valence electrons. The Morgan fingerprint density at radius 1 is 0.391 bits per heavy atom. The molecule has 0 atom stereocenters. The van der Waals surface area contributed by atoms with Crippen molar-refractivity contribution in [3.05, 3.63) is 258 Å². The van der Waals surface area contributed by atoms with Crippen molar-refractivity contribution >= 4 is 59.3 Å². The molecule has 0 saturated heterocycles. The Morgan fingerprint density at radius 2 is 0.969 bits per heavy atom. The molecule has 0 aliphatic heterocycles. The van der Waals surface area contributed by atoms with Crippen molar-refractivity contribution in [3.63, 3.8) is 0 Å². The lowest BCUT2D eigenvalue weighted by Gasteiger charge is -2.35. The minimum Gasteiger partial charge on any atom is -0.310 e. The fourth-order valence-electron chi connectivity index (χ4n) is 11.5. The number of hydrogen-bond acceptors (Lipinski definition) is 2. The molecule has 2 heteroatoms. The Morgan fingerprint density at radius 3 is 1.73 bits per heavy atom. The second-order valence-electron chi connectivity index (χ2n) is 18.0. The molecule has 1 nitrogen and oxygen atoms in total. The van der Waals surface area contributed by atoms with E-state index in [2.05, 4.69) is 243 Å². The predicted molar refractivity (Wildman–Crippen MR) is 272 cm³/mol. The normalized spacial score (nSPS) is 14.0. The van der Waals surface area contributed by atoms with Crippen molar-refractivity contribution in [3.8, 4) is 33.4 Å². The van der Waals surface area contributed by atoms with Gasteiger partial charge in [0.25, 0.3) is 0 Å². The molecule has 1 aromatic heterocycles. The number of hydrogen-bond donors (Lipinski definition) is 0. The molecule has 0 fully saturated rings. The maximum atomic E-state index is 2.55. The number of thiophene rings is 1. The molecule has 0 bridgehead atoms. The van der Waals surface area contributed by atoms with Gasteiger partial charge in [0.05, 0.1) is 11.1 Å². The lowest BCUT2D eigenvalue weighted by Crippen LogP contribution is -2.28. The molecule has 0 amide bonds. The quantitative estimate of drug-likeness (QED) is 0.161. The maximum Gasteiger partial charge on any atom is 0.0714 e. The van der Waals surface area contributed by atoms with E-state index in [4.69, 9.17) is 0 Å². The zero-order chi connectivity index (χ0) is 42.6. The fraction of sp³-hybridized carbons (Fsp3) is 0.0645. The van der Waals surface area contributed by atoms with Gasteiger partial charge in [-0.3, -0.25) is 0 Å².